The van der Waals surface area contributed by atoms with E-state index in [-0.39, 0.29) is 35.4 Å². The lowest BCUT2D eigenvalue weighted by atomic mass is 9.57. The molecule has 4 unspecified atom stereocenters. The zero-order chi connectivity index (χ0) is 32.5. The molecule has 0 bridgehead atoms. The third-order valence-corrected chi connectivity index (χ3v) is 9.45. The molecule has 2 aromatic carbocycles. The largest absolute Gasteiger partial charge is 0.508 e. The van der Waals surface area contributed by atoms with Crippen LogP contribution in [0.4, 0.5) is 16.5 Å². The number of fused-ring (bicyclic) bond motifs is 3. The summed E-state index contributed by atoms with van der Waals surface area (Å²) in [6, 6.07) is 8.03. The van der Waals surface area contributed by atoms with Crippen molar-refractivity contribution in [3.05, 3.63) is 79.9 Å². The number of amides is 1. The van der Waals surface area contributed by atoms with Crippen LogP contribution in [-0.4, -0.2) is 78.4 Å². The molecule has 3 aliphatic carbocycles. The average Bonchev–Trinajstić information content (AvgIpc) is 3.45. The molecular formula is C30H27N5O9S. The van der Waals surface area contributed by atoms with Crippen LogP contribution in [0.3, 0.4) is 0 Å². The van der Waals surface area contributed by atoms with Gasteiger partial charge in [0, 0.05) is 34.6 Å². The van der Waals surface area contributed by atoms with Gasteiger partial charge in [-0.25, -0.2) is 4.98 Å². The van der Waals surface area contributed by atoms with Crippen LogP contribution >= 0.6 is 11.3 Å². The Balaban J connectivity index is 1.38. The molecule has 45 heavy (non-hydrogen) atoms. The molecule has 1 amide bonds. The molecule has 3 aromatic rings. The number of aliphatic hydroxyl groups excluding tert-OH is 2. The summed E-state index contributed by atoms with van der Waals surface area (Å²) in [6.07, 6.45) is 0.155. The number of aromatic nitrogens is 1. The molecule has 7 N–H and O–H groups in total. The minimum absolute atomic E-state index is 0.00787. The summed E-state index contributed by atoms with van der Waals surface area (Å²) in [5.74, 6) is -7.22. The fourth-order valence-electron chi connectivity index (χ4n) is 6.68. The SMILES string of the molecule is CN(C)C1C(=O)C(C(N)=O)=C(O)C2(O)C(=O)C3=C(O)c4c(ccc(Nc5nc(-c6cccc([N+](=O)[O-])c6)cs5)c4O)CC3CC12. The lowest BCUT2D eigenvalue weighted by molar-refractivity contribution is -0.384. The van der Waals surface area contributed by atoms with E-state index in [4.69, 9.17) is 5.73 Å². The Morgan fingerprint density at radius 1 is 1.20 bits per heavy atom. The summed E-state index contributed by atoms with van der Waals surface area (Å²) in [5.41, 5.74) is 2.96. The molecule has 1 heterocycles. The van der Waals surface area contributed by atoms with E-state index in [9.17, 15) is 44.9 Å². The van der Waals surface area contributed by atoms with Gasteiger partial charge in [-0.05, 0) is 44.5 Å². The number of phenols is 1. The van der Waals surface area contributed by atoms with Crippen LogP contribution in [0.15, 0.2) is 58.7 Å². The van der Waals surface area contributed by atoms with Crippen molar-refractivity contribution in [1.29, 1.82) is 0 Å². The number of primary amides is 1. The fraction of sp³-hybridized carbons (Fsp3) is 0.267. The number of nitrogens with one attached hydrogen (secondary N) is 1. The average molecular weight is 634 g/mol. The zero-order valence-corrected chi connectivity index (χ0v) is 24.7. The molecule has 15 heteroatoms. The summed E-state index contributed by atoms with van der Waals surface area (Å²) in [7, 11) is 3.07. The quantitative estimate of drug-likeness (QED) is 0.0996. The van der Waals surface area contributed by atoms with E-state index in [0.717, 1.165) is 0 Å². The third kappa shape index (κ3) is 4.46. The Kier molecular flexibility index (Phi) is 6.99. The first kappa shape index (κ1) is 29.9. The highest BCUT2D eigenvalue weighted by Crippen LogP contribution is 2.53. The third-order valence-electron chi connectivity index (χ3n) is 8.69. The van der Waals surface area contributed by atoms with E-state index < -0.39 is 68.7 Å². The van der Waals surface area contributed by atoms with Crippen molar-refractivity contribution in [3.8, 4) is 17.0 Å². The molecular weight excluding hydrogens is 606 g/mol. The Bertz CT molecular complexity index is 1900. The van der Waals surface area contributed by atoms with Gasteiger partial charge in [-0.2, -0.15) is 0 Å². The van der Waals surface area contributed by atoms with E-state index >= 15 is 0 Å². The number of likely N-dealkylation sites (N-methyl/N-ethyl adjacent to an activating group) is 1. The number of Topliss-reactive ketones (excluding diaryl/α,β-unsaturated/α-hetero) is 2. The number of rotatable bonds is 6. The number of ketones is 2. The number of thiazole rings is 1. The van der Waals surface area contributed by atoms with Crippen molar-refractivity contribution in [3.63, 3.8) is 0 Å². The minimum atomic E-state index is -2.72. The maximum absolute atomic E-state index is 14.0. The zero-order valence-electron chi connectivity index (χ0n) is 23.8. The number of non-ortho nitro benzene ring substituents is 1. The number of anilines is 2. The van der Waals surface area contributed by atoms with Crippen molar-refractivity contribution in [2.24, 2.45) is 17.6 Å². The summed E-state index contributed by atoms with van der Waals surface area (Å²) in [4.78, 5) is 55.9. The van der Waals surface area contributed by atoms with E-state index in [1.165, 1.54) is 42.5 Å². The van der Waals surface area contributed by atoms with Gasteiger partial charge in [-0.15, -0.1) is 11.3 Å². The number of nitro benzene ring substituents is 1. The van der Waals surface area contributed by atoms with Gasteiger partial charge in [0.25, 0.3) is 11.6 Å². The van der Waals surface area contributed by atoms with Crippen molar-refractivity contribution in [2.45, 2.75) is 24.5 Å². The van der Waals surface area contributed by atoms with Gasteiger partial charge >= 0.3 is 0 Å². The van der Waals surface area contributed by atoms with Crippen LogP contribution in [0.25, 0.3) is 17.0 Å². The highest BCUT2D eigenvalue weighted by atomic mass is 32.1. The number of hydrogen-bond donors (Lipinski definition) is 6. The highest BCUT2D eigenvalue weighted by Gasteiger charge is 2.64. The van der Waals surface area contributed by atoms with Gasteiger partial charge in [0.2, 0.25) is 5.78 Å². The minimum Gasteiger partial charge on any atom is -0.508 e. The van der Waals surface area contributed by atoms with Crippen molar-refractivity contribution in [2.75, 3.05) is 19.4 Å². The van der Waals surface area contributed by atoms with Crippen LogP contribution < -0.4 is 11.1 Å². The summed E-state index contributed by atoms with van der Waals surface area (Å²) in [5, 5.41) is 61.6. The van der Waals surface area contributed by atoms with Gasteiger partial charge in [0.15, 0.2) is 16.5 Å². The number of nitrogens with zero attached hydrogens (tertiary/aromatic N) is 3. The Labute approximate surface area is 258 Å². The monoisotopic (exact) mass is 633 g/mol. The number of benzene rings is 2. The molecule has 0 aliphatic heterocycles. The Hall–Kier alpha value is -5.12. The second-order valence-corrected chi connectivity index (χ2v) is 12.3. The van der Waals surface area contributed by atoms with E-state index in [2.05, 4.69) is 10.3 Å². The molecule has 14 nitrogen and oxygen atoms in total. The van der Waals surface area contributed by atoms with Crippen molar-refractivity contribution >= 4 is 51.1 Å². The fourth-order valence-corrected chi connectivity index (χ4v) is 7.41. The van der Waals surface area contributed by atoms with Crippen LogP contribution in [-0.2, 0) is 20.8 Å². The molecule has 0 saturated heterocycles. The second kappa shape index (κ2) is 10.5. The van der Waals surface area contributed by atoms with Crippen molar-refractivity contribution in [1.82, 2.24) is 9.88 Å². The summed E-state index contributed by atoms with van der Waals surface area (Å²) < 4.78 is 0. The molecule has 1 aromatic heterocycles. The molecule has 1 saturated carbocycles. The summed E-state index contributed by atoms with van der Waals surface area (Å²) in [6.45, 7) is 0. The second-order valence-electron chi connectivity index (χ2n) is 11.4. The lowest BCUT2D eigenvalue weighted by Crippen LogP contribution is -2.65. The number of nitrogens with two attached hydrogens (primary N) is 1. The first-order valence-electron chi connectivity index (χ1n) is 13.7. The molecule has 3 aliphatic rings. The molecule has 232 valence electrons. The number of aliphatic hydroxyl groups is 3. The van der Waals surface area contributed by atoms with E-state index in [0.29, 0.717) is 22.0 Å². The number of hydrogen-bond acceptors (Lipinski definition) is 13. The smallest absolute Gasteiger partial charge is 0.270 e. The van der Waals surface area contributed by atoms with E-state index in [1.807, 2.05) is 0 Å². The number of carbonyl (C=O) groups is 3. The number of aromatic hydroxyl groups is 1. The van der Waals surface area contributed by atoms with Gasteiger partial charge in [-0.3, -0.25) is 29.4 Å². The van der Waals surface area contributed by atoms with Crippen LogP contribution in [0.1, 0.15) is 17.5 Å². The molecule has 0 spiro atoms. The maximum atomic E-state index is 14.0. The number of nitro groups is 1. The first-order valence-corrected chi connectivity index (χ1v) is 14.6. The topological polar surface area (TPSA) is 229 Å². The van der Waals surface area contributed by atoms with E-state index in [1.54, 1.807) is 29.6 Å². The van der Waals surface area contributed by atoms with Gasteiger partial charge in [0.05, 0.1) is 27.9 Å². The standard InChI is InChI=1S/C30H27N5O9S/c1-34(2)22-16-10-14-8-13-6-7-17(32-29-33-18(11-45-29)12-4-3-5-15(9-12)35(43)44)23(36)19(13)24(37)20(14)26(39)30(16,42)27(40)21(25(22)38)28(31)41/h3-7,9,11,14,16,22,36-37,40,42H,8,10H2,1-2H3,(H2,31,41)(H,32,33). The number of carbonyl (C=O) groups excluding carboxylic acids is 3. The van der Waals surface area contributed by atoms with Gasteiger partial charge in [0.1, 0.15) is 22.8 Å². The van der Waals surface area contributed by atoms with Crippen molar-refractivity contribution < 1.29 is 39.7 Å². The first-order chi connectivity index (χ1) is 21.2. The number of phenolic OH excluding ortho intramolecular Hbond substituents is 1. The molecule has 0 radical (unpaired) electrons. The normalized spacial score (nSPS) is 24.3. The molecule has 6 rings (SSSR count). The molecule has 1 fully saturated rings. The van der Waals surface area contributed by atoms with Gasteiger partial charge in [-0.1, -0.05) is 18.2 Å². The Morgan fingerprint density at radius 2 is 1.93 bits per heavy atom. The van der Waals surface area contributed by atoms with Gasteiger partial charge < -0.3 is 31.5 Å². The maximum Gasteiger partial charge on any atom is 0.270 e. The summed E-state index contributed by atoms with van der Waals surface area (Å²) >= 11 is 1.17. The van der Waals surface area contributed by atoms with Crippen LogP contribution in [0, 0.1) is 22.0 Å². The predicted octanol–water partition coefficient (Wildman–Crippen LogP) is 2.74. The predicted molar refractivity (Wildman–Crippen MR) is 162 cm³/mol. The highest BCUT2D eigenvalue weighted by molar-refractivity contribution is 7.14. The van der Waals surface area contributed by atoms with Crippen LogP contribution in [0.5, 0.6) is 5.75 Å². The molecule has 4 atom stereocenters. The lowest BCUT2D eigenvalue weighted by Gasteiger charge is -2.50. The van der Waals surface area contributed by atoms with Crippen LogP contribution in [0.2, 0.25) is 0 Å². The Morgan fingerprint density at radius 3 is 2.60 bits per heavy atom.